The lowest BCUT2D eigenvalue weighted by molar-refractivity contribution is -0.139. The molecule has 0 saturated heterocycles. The third-order valence-electron chi connectivity index (χ3n) is 3.62. The Labute approximate surface area is 192 Å². The van der Waals surface area contributed by atoms with Crippen LogP contribution in [0.2, 0.25) is 0 Å². The van der Waals surface area contributed by atoms with E-state index in [1.807, 2.05) is 66.7 Å². The molecule has 32 heavy (non-hydrogen) atoms. The molecule has 0 aliphatic carbocycles. The predicted molar refractivity (Wildman–Crippen MR) is 130 cm³/mol. The van der Waals surface area contributed by atoms with Crippen molar-refractivity contribution in [2.24, 2.45) is 0 Å². The van der Waals surface area contributed by atoms with Crippen molar-refractivity contribution in [1.82, 2.24) is 0 Å². The molecule has 2 aromatic rings. The van der Waals surface area contributed by atoms with Crippen molar-refractivity contribution >= 4 is 18.0 Å². The van der Waals surface area contributed by atoms with E-state index < -0.39 is 5.97 Å². The van der Waals surface area contributed by atoms with E-state index >= 15 is 0 Å². The summed E-state index contributed by atoms with van der Waals surface area (Å²) in [7, 11) is 0. The fraction of sp³-hybridized carbons (Fsp3) is 0.259. The number of ether oxygens (including phenoxy) is 3. The zero-order valence-corrected chi connectivity index (χ0v) is 19.1. The van der Waals surface area contributed by atoms with Crippen LogP contribution in [-0.4, -0.2) is 31.8 Å². The summed E-state index contributed by atoms with van der Waals surface area (Å²) in [5, 5.41) is 0. The number of hydrogen-bond donors (Lipinski definition) is 0. The highest BCUT2D eigenvalue weighted by atomic mass is 16.6. The topological polar surface area (TPSA) is 61.8 Å². The standard InChI is InChI=1S/C11H12O3.C8H14O2.C8H8/c1-2-11(12)14-9-8-13-10-6-4-3-5-7-10;1-4-5-6-10-8(9)7(2)3;1-2-8-6-4-3-5-7-8/h2-7H,1,8-9H2;2,4-6H2,1,3H3;2-7H,1H2. The van der Waals surface area contributed by atoms with Crippen LogP contribution in [0.15, 0.2) is 92.0 Å². The highest BCUT2D eigenvalue weighted by Gasteiger charge is 2.00. The Morgan fingerprint density at radius 2 is 1.47 bits per heavy atom. The van der Waals surface area contributed by atoms with Crippen LogP contribution in [0.4, 0.5) is 0 Å². The summed E-state index contributed by atoms with van der Waals surface area (Å²) in [5.74, 6) is 0.0530. The van der Waals surface area contributed by atoms with Crippen LogP contribution < -0.4 is 4.74 Å². The van der Waals surface area contributed by atoms with E-state index in [0.717, 1.165) is 24.7 Å². The minimum atomic E-state index is -0.429. The maximum Gasteiger partial charge on any atom is 0.333 e. The normalized spacial score (nSPS) is 8.94. The molecule has 0 N–H and O–H groups in total. The van der Waals surface area contributed by atoms with Crippen molar-refractivity contribution in [3.63, 3.8) is 0 Å². The molecule has 0 spiro atoms. The molecule has 5 nitrogen and oxygen atoms in total. The first kappa shape index (κ1) is 28.4. The maximum atomic E-state index is 10.7. The Kier molecular flexibility index (Phi) is 17.2. The molecular weight excluding hydrogens is 404 g/mol. The van der Waals surface area contributed by atoms with Gasteiger partial charge in [0.2, 0.25) is 0 Å². The molecule has 0 saturated carbocycles. The van der Waals surface area contributed by atoms with Gasteiger partial charge in [-0.15, -0.1) is 0 Å². The minimum Gasteiger partial charge on any atom is -0.490 e. The number of rotatable bonds is 10. The van der Waals surface area contributed by atoms with Crippen LogP contribution in [0.25, 0.3) is 6.08 Å². The highest BCUT2D eigenvalue weighted by Crippen LogP contribution is 2.07. The quantitative estimate of drug-likeness (QED) is 0.257. The third-order valence-corrected chi connectivity index (χ3v) is 3.62. The summed E-state index contributed by atoms with van der Waals surface area (Å²) in [6.45, 7) is 15.2. The van der Waals surface area contributed by atoms with Gasteiger partial charge in [-0.05, 0) is 31.0 Å². The van der Waals surface area contributed by atoms with Gasteiger partial charge >= 0.3 is 11.9 Å². The SMILES string of the molecule is C=C(C)C(=O)OCCCC.C=CC(=O)OCCOc1ccccc1.C=Cc1ccccc1. The molecule has 0 aliphatic rings. The van der Waals surface area contributed by atoms with E-state index in [2.05, 4.69) is 26.7 Å². The molecule has 0 radical (unpaired) electrons. The largest absolute Gasteiger partial charge is 0.490 e. The van der Waals surface area contributed by atoms with Crippen molar-refractivity contribution in [1.29, 1.82) is 0 Å². The van der Waals surface area contributed by atoms with E-state index in [1.165, 1.54) is 5.56 Å². The second-order valence-electron chi connectivity index (χ2n) is 6.42. The number of hydrogen-bond acceptors (Lipinski definition) is 5. The second kappa shape index (κ2) is 19.4. The second-order valence-corrected chi connectivity index (χ2v) is 6.42. The zero-order chi connectivity index (χ0) is 24.0. The van der Waals surface area contributed by atoms with Gasteiger partial charge in [-0.3, -0.25) is 0 Å². The molecule has 0 bridgehead atoms. The first-order valence-corrected chi connectivity index (χ1v) is 10.4. The van der Waals surface area contributed by atoms with Crippen LogP contribution in [0, 0.1) is 0 Å². The van der Waals surface area contributed by atoms with E-state index in [4.69, 9.17) is 14.2 Å². The van der Waals surface area contributed by atoms with Gasteiger partial charge in [-0.2, -0.15) is 0 Å². The van der Waals surface area contributed by atoms with Gasteiger partial charge in [0.05, 0.1) is 6.61 Å². The van der Waals surface area contributed by atoms with Crippen LogP contribution in [0.5, 0.6) is 5.75 Å². The van der Waals surface area contributed by atoms with Crippen molar-refractivity contribution in [2.75, 3.05) is 19.8 Å². The summed E-state index contributed by atoms with van der Waals surface area (Å²) in [6.07, 6.45) is 4.94. The van der Waals surface area contributed by atoms with Crippen LogP contribution >= 0.6 is 0 Å². The average molecular weight is 439 g/mol. The molecule has 172 valence electrons. The van der Waals surface area contributed by atoms with E-state index in [1.54, 1.807) is 6.92 Å². The van der Waals surface area contributed by atoms with E-state index in [-0.39, 0.29) is 12.6 Å². The lowest BCUT2D eigenvalue weighted by Crippen LogP contribution is -2.09. The lowest BCUT2D eigenvalue weighted by Gasteiger charge is -2.05. The van der Waals surface area contributed by atoms with Crippen molar-refractivity contribution in [3.8, 4) is 5.75 Å². The average Bonchev–Trinajstić information content (AvgIpc) is 2.83. The summed E-state index contributed by atoms with van der Waals surface area (Å²) < 4.78 is 14.8. The smallest absolute Gasteiger partial charge is 0.333 e. The Morgan fingerprint density at radius 3 is 1.94 bits per heavy atom. The molecule has 0 fully saturated rings. The van der Waals surface area contributed by atoms with Gasteiger partial charge in [0.25, 0.3) is 0 Å². The van der Waals surface area contributed by atoms with Gasteiger partial charge in [0, 0.05) is 11.6 Å². The zero-order valence-electron chi connectivity index (χ0n) is 19.1. The molecule has 0 aromatic heterocycles. The lowest BCUT2D eigenvalue weighted by atomic mass is 10.2. The fourth-order valence-electron chi connectivity index (χ4n) is 1.90. The van der Waals surface area contributed by atoms with E-state index in [0.29, 0.717) is 18.8 Å². The van der Waals surface area contributed by atoms with Crippen molar-refractivity contribution in [2.45, 2.75) is 26.7 Å². The van der Waals surface area contributed by atoms with Crippen LogP contribution in [0.3, 0.4) is 0 Å². The molecule has 2 rings (SSSR count). The molecule has 0 amide bonds. The van der Waals surface area contributed by atoms with Gasteiger partial charge < -0.3 is 14.2 Å². The summed E-state index contributed by atoms with van der Waals surface area (Å²) in [6, 6.07) is 19.4. The molecule has 5 heteroatoms. The number of carbonyl (C=O) groups is 2. The number of esters is 2. The van der Waals surface area contributed by atoms with Gasteiger partial charge in [0.1, 0.15) is 19.0 Å². The Bertz CT molecular complexity index is 797. The Balaban J connectivity index is 0.000000471. The van der Waals surface area contributed by atoms with Crippen molar-refractivity contribution < 1.29 is 23.8 Å². The van der Waals surface area contributed by atoms with Gasteiger partial charge in [-0.1, -0.05) is 87.7 Å². The molecular formula is C27H34O5. The molecule has 0 unspecified atom stereocenters. The summed E-state index contributed by atoms with van der Waals surface area (Å²) in [5.41, 5.74) is 1.64. The monoisotopic (exact) mass is 438 g/mol. The number of unbranched alkanes of at least 4 members (excludes halogenated alkanes) is 1. The third kappa shape index (κ3) is 16.2. The first-order chi connectivity index (χ1) is 15.4. The fourth-order valence-corrected chi connectivity index (χ4v) is 1.90. The number of para-hydroxylation sites is 1. The molecule has 0 atom stereocenters. The van der Waals surface area contributed by atoms with Gasteiger partial charge in [-0.25, -0.2) is 9.59 Å². The van der Waals surface area contributed by atoms with Crippen LogP contribution in [0.1, 0.15) is 32.3 Å². The molecule has 0 aliphatic heterocycles. The number of benzene rings is 2. The molecule has 0 heterocycles. The highest BCUT2D eigenvalue weighted by molar-refractivity contribution is 5.86. The summed E-state index contributed by atoms with van der Waals surface area (Å²) >= 11 is 0. The number of carbonyl (C=O) groups excluding carboxylic acids is 2. The Morgan fingerprint density at radius 1 is 0.875 bits per heavy atom. The van der Waals surface area contributed by atoms with E-state index in [9.17, 15) is 9.59 Å². The van der Waals surface area contributed by atoms with Crippen LogP contribution in [-0.2, 0) is 19.1 Å². The first-order valence-electron chi connectivity index (χ1n) is 10.4. The maximum absolute atomic E-state index is 10.7. The molecule has 2 aromatic carbocycles. The predicted octanol–water partition coefficient (Wildman–Crippen LogP) is 6.03. The van der Waals surface area contributed by atoms with Crippen molar-refractivity contribution in [3.05, 3.63) is 97.6 Å². The minimum absolute atomic E-state index is 0.236. The Hall–Kier alpha value is -3.60. The summed E-state index contributed by atoms with van der Waals surface area (Å²) in [4.78, 5) is 21.3. The van der Waals surface area contributed by atoms with Gasteiger partial charge in [0.15, 0.2) is 0 Å².